The fourth-order valence-corrected chi connectivity index (χ4v) is 3.23. The highest BCUT2D eigenvalue weighted by atomic mass is 16.5. The van der Waals surface area contributed by atoms with Gasteiger partial charge in [0.25, 0.3) is 5.91 Å². The largest absolute Gasteiger partial charge is 0.497 e. The molecule has 0 aliphatic carbocycles. The van der Waals surface area contributed by atoms with Gasteiger partial charge in [-0.05, 0) is 31.2 Å². The number of methoxy groups -OCH3 is 2. The van der Waals surface area contributed by atoms with Crippen molar-refractivity contribution in [2.24, 2.45) is 0 Å². The lowest BCUT2D eigenvalue weighted by Gasteiger charge is -2.22. The molecule has 2 aromatic carbocycles. The van der Waals surface area contributed by atoms with E-state index in [0.717, 1.165) is 0 Å². The van der Waals surface area contributed by atoms with Crippen molar-refractivity contribution in [2.75, 3.05) is 42.9 Å². The van der Waals surface area contributed by atoms with Crippen LogP contribution in [-0.2, 0) is 19.1 Å². The zero-order valence-electron chi connectivity index (χ0n) is 18.1. The zero-order valence-corrected chi connectivity index (χ0v) is 18.1. The maximum atomic E-state index is 13.0. The molecule has 2 aromatic rings. The van der Waals surface area contributed by atoms with Crippen molar-refractivity contribution in [3.8, 4) is 11.5 Å². The minimum atomic E-state index is -0.450. The van der Waals surface area contributed by atoms with Crippen molar-refractivity contribution < 1.29 is 28.6 Å². The number of nitrogens with zero attached hydrogens (tertiary/aromatic N) is 1. The van der Waals surface area contributed by atoms with Gasteiger partial charge < -0.3 is 24.8 Å². The van der Waals surface area contributed by atoms with Crippen LogP contribution in [0, 0.1) is 0 Å². The van der Waals surface area contributed by atoms with E-state index in [4.69, 9.17) is 14.2 Å². The highest BCUT2D eigenvalue weighted by Gasteiger charge is 2.25. The second-order valence-corrected chi connectivity index (χ2v) is 6.83. The number of esters is 1. The monoisotopic (exact) mass is 439 g/mol. The highest BCUT2D eigenvalue weighted by molar-refractivity contribution is 6.10. The van der Waals surface area contributed by atoms with Crippen molar-refractivity contribution in [1.29, 1.82) is 0 Å². The Kier molecular flexibility index (Phi) is 7.33. The van der Waals surface area contributed by atoms with E-state index in [1.807, 2.05) is 0 Å². The van der Waals surface area contributed by atoms with Crippen LogP contribution in [-0.4, -0.2) is 45.2 Å². The number of fused-ring (bicyclic) bond motifs is 1. The molecule has 0 saturated carbocycles. The van der Waals surface area contributed by atoms with Gasteiger partial charge in [0.1, 0.15) is 18.0 Å². The fourth-order valence-electron chi connectivity index (χ4n) is 3.23. The second kappa shape index (κ2) is 10.3. The molecule has 2 amide bonds. The molecule has 0 atom stereocenters. The summed E-state index contributed by atoms with van der Waals surface area (Å²) < 4.78 is 15.4. The number of benzene rings is 2. The summed E-state index contributed by atoms with van der Waals surface area (Å²) in [7, 11) is 3.02. The summed E-state index contributed by atoms with van der Waals surface area (Å²) in [6.07, 6.45) is 1.22. The molecule has 9 heteroatoms. The standard InChI is InChI=1S/C23H25N3O6/c1-4-32-23(29)12-15-11-22(28)26(19-8-6-5-7-17(19)24-15)14-21(27)25-18-10-9-16(30-2)13-20(18)31-3/h5-11,13,24H,4,12,14H2,1-3H3,(H,25,27). The summed E-state index contributed by atoms with van der Waals surface area (Å²) in [5.74, 6) is -0.285. The molecular weight excluding hydrogens is 414 g/mol. The van der Waals surface area contributed by atoms with Crippen LogP contribution in [0.25, 0.3) is 0 Å². The molecule has 168 valence electrons. The van der Waals surface area contributed by atoms with Gasteiger partial charge >= 0.3 is 5.97 Å². The van der Waals surface area contributed by atoms with E-state index in [1.54, 1.807) is 49.4 Å². The van der Waals surface area contributed by atoms with Crippen LogP contribution in [0.15, 0.2) is 54.2 Å². The topological polar surface area (TPSA) is 106 Å². The van der Waals surface area contributed by atoms with Gasteiger partial charge in [-0.25, -0.2) is 0 Å². The van der Waals surface area contributed by atoms with Crippen LogP contribution in [0.3, 0.4) is 0 Å². The van der Waals surface area contributed by atoms with Crippen molar-refractivity contribution in [1.82, 2.24) is 0 Å². The molecule has 2 N–H and O–H groups in total. The van der Waals surface area contributed by atoms with Crippen LogP contribution in [0.4, 0.5) is 17.1 Å². The Morgan fingerprint density at radius 2 is 1.88 bits per heavy atom. The summed E-state index contributed by atoms with van der Waals surface area (Å²) in [4.78, 5) is 39.0. The molecule has 3 rings (SSSR count). The van der Waals surface area contributed by atoms with Crippen LogP contribution >= 0.6 is 0 Å². The van der Waals surface area contributed by atoms with E-state index in [0.29, 0.717) is 34.3 Å². The number of carbonyl (C=O) groups excluding carboxylic acids is 3. The lowest BCUT2D eigenvalue weighted by molar-refractivity contribution is -0.142. The Balaban J connectivity index is 1.82. The predicted molar refractivity (Wildman–Crippen MR) is 120 cm³/mol. The molecule has 0 radical (unpaired) electrons. The second-order valence-electron chi connectivity index (χ2n) is 6.83. The summed E-state index contributed by atoms with van der Waals surface area (Å²) in [6.45, 7) is 1.72. The number of carbonyl (C=O) groups is 3. The number of hydrogen-bond acceptors (Lipinski definition) is 7. The molecule has 9 nitrogen and oxygen atoms in total. The Hall–Kier alpha value is -4.01. The van der Waals surface area contributed by atoms with Gasteiger partial charge in [0.2, 0.25) is 5.91 Å². The van der Waals surface area contributed by atoms with E-state index < -0.39 is 17.8 Å². The number of para-hydroxylation sites is 2. The zero-order chi connectivity index (χ0) is 23.1. The molecule has 1 aliphatic heterocycles. The van der Waals surface area contributed by atoms with Crippen LogP contribution in [0.5, 0.6) is 11.5 Å². The molecule has 0 bridgehead atoms. The van der Waals surface area contributed by atoms with Crippen LogP contribution < -0.4 is 25.0 Å². The molecule has 0 aromatic heterocycles. The Morgan fingerprint density at radius 3 is 2.59 bits per heavy atom. The summed E-state index contributed by atoms with van der Waals surface area (Å²) >= 11 is 0. The van der Waals surface area contributed by atoms with Gasteiger partial charge in [0.15, 0.2) is 0 Å². The van der Waals surface area contributed by atoms with Crippen molar-refractivity contribution >= 4 is 34.8 Å². The average Bonchev–Trinajstić information content (AvgIpc) is 2.90. The Labute approximate surface area is 185 Å². The first-order chi connectivity index (χ1) is 15.4. The number of rotatable bonds is 8. The minimum absolute atomic E-state index is 0.0863. The third-order valence-electron chi connectivity index (χ3n) is 4.68. The predicted octanol–water partition coefficient (Wildman–Crippen LogP) is 2.94. The first-order valence-electron chi connectivity index (χ1n) is 10.0. The molecular formula is C23H25N3O6. The lowest BCUT2D eigenvalue weighted by Crippen LogP contribution is -2.37. The van der Waals surface area contributed by atoms with E-state index in [1.165, 1.54) is 25.2 Å². The minimum Gasteiger partial charge on any atom is -0.497 e. The van der Waals surface area contributed by atoms with Gasteiger partial charge in [-0.2, -0.15) is 0 Å². The van der Waals surface area contributed by atoms with Crippen molar-refractivity contribution in [2.45, 2.75) is 13.3 Å². The van der Waals surface area contributed by atoms with Gasteiger partial charge in [-0.3, -0.25) is 19.3 Å². The molecule has 1 aliphatic rings. The SMILES string of the molecule is CCOC(=O)CC1=CC(=O)N(CC(=O)Nc2ccc(OC)cc2OC)c2ccccc2N1. The summed E-state index contributed by atoms with van der Waals surface area (Å²) in [6, 6.07) is 12.1. The molecule has 0 fully saturated rings. The van der Waals surface area contributed by atoms with E-state index >= 15 is 0 Å². The maximum absolute atomic E-state index is 13.0. The number of hydrogen-bond donors (Lipinski definition) is 2. The van der Waals surface area contributed by atoms with Gasteiger partial charge in [-0.15, -0.1) is 0 Å². The summed E-state index contributed by atoms with van der Waals surface area (Å²) in [5.41, 5.74) is 1.96. The molecule has 0 spiro atoms. The number of ether oxygens (including phenoxy) is 3. The maximum Gasteiger partial charge on any atom is 0.311 e. The van der Waals surface area contributed by atoms with E-state index in [2.05, 4.69) is 10.6 Å². The van der Waals surface area contributed by atoms with Gasteiger partial charge in [-0.1, -0.05) is 12.1 Å². The van der Waals surface area contributed by atoms with Gasteiger partial charge in [0.05, 0.1) is 44.3 Å². The smallest absolute Gasteiger partial charge is 0.311 e. The highest BCUT2D eigenvalue weighted by Crippen LogP contribution is 2.32. The van der Waals surface area contributed by atoms with E-state index in [-0.39, 0.29) is 19.6 Å². The van der Waals surface area contributed by atoms with Crippen molar-refractivity contribution in [3.63, 3.8) is 0 Å². The fraction of sp³-hybridized carbons (Fsp3) is 0.261. The average molecular weight is 439 g/mol. The molecule has 0 saturated heterocycles. The quantitative estimate of drug-likeness (QED) is 0.609. The number of amides is 2. The number of nitrogens with one attached hydrogen (secondary N) is 2. The van der Waals surface area contributed by atoms with Crippen LogP contribution in [0.1, 0.15) is 13.3 Å². The number of anilines is 3. The molecule has 32 heavy (non-hydrogen) atoms. The van der Waals surface area contributed by atoms with E-state index in [9.17, 15) is 14.4 Å². The third-order valence-corrected chi connectivity index (χ3v) is 4.68. The lowest BCUT2D eigenvalue weighted by atomic mass is 10.2. The van der Waals surface area contributed by atoms with Gasteiger partial charge in [0, 0.05) is 17.8 Å². The van der Waals surface area contributed by atoms with Crippen LogP contribution in [0.2, 0.25) is 0 Å². The normalized spacial score (nSPS) is 12.7. The Morgan fingerprint density at radius 1 is 1.09 bits per heavy atom. The summed E-state index contributed by atoms with van der Waals surface area (Å²) in [5, 5.41) is 5.86. The Bertz CT molecular complexity index is 1050. The molecule has 1 heterocycles. The third kappa shape index (κ3) is 5.37. The first-order valence-corrected chi connectivity index (χ1v) is 10.0. The first kappa shape index (κ1) is 22.7. The van der Waals surface area contributed by atoms with Crippen molar-refractivity contribution in [3.05, 3.63) is 54.2 Å². The molecule has 0 unspecified atom stereocenters.